The van der Waals surface area contributed by atoms with Crippen molar-refractivity contribution >= 4 is 51.0 Å². The summed E-state index contributed by atoms with van der Waals surface area (Å²) < 4.78 is 0.858. The Balaban J connectivity index is 1.63. The molecule has 2 aromatic rings. The minimum absolute atomic E-state index is 0.0274. The van der Waals surface area contributed by atoms with Crippen molar-refractivity contribution in [2.24, 2.45) is 11.3 Å². The van der Waals surface area contributed by atoms with Crippen LogP contribution in [0.1, 0.15) is 84.0 Å². The number of amides is 4. The Morgan fingerprint density at radius 2 is 1.60 bits per heavy atom. The highest BCUT2D eigenvalue weighted by Crippen LogP contribution is 2.22. The zero-order chi connectivity index (χ0) is 29.6. The van der Waals surface area contributed by atoms with Crippen LogP contribution in [0.4, 0.5) is 0 Å². The monoisotopic (exact) mass is 571 g/mol. The molecule has 4 amide bonds. The van der Waals surface area contributed by atoms with E-state index in [1.54, 1.807) is 37.6 Å². The first-order valence-corrected chi connectivity index (χ1v) is 14.8. The number of carbonyl (C=O) groups excluding carboxylic acids is 5. The third-order valence-corrected chi connectivity index (χ3v) is 7.95. The van der Waals surface area contributed by atoms with E-state index in [1.165, 1.54) is 18.3 Å². The van der Waals surface area contributed by atoms with Crippen molar-refractivity contribution in [2.45, 2.75) is 97.8 Å². The fourth-order valence-corrected chi connectivity index (χ4v) is 5.42. The molecule has 1 aromatic carbocycles. The third kappa shape index (κ3) is 8.09. The van der Waals surface area contributed by atoms with Gasteiger partial charge in [-0.2, -0.15) is 0 Å². The van der Waals surface area contributed by atoms with Crippen molar-refractivity contribution in [3.63, 3.8) is 0 Å². The lowest BCUT2D eigenvalue weighted by Gasteiger charge is -2.31. The van der Waals surface area contributed by atoms with E-state index in [0.717, 1.165) is 42.3 Å². The summed E-state index contributed by atoms with van der Waals surface area (Å²) in [4.78, 5) is 69.1. The lowest BCUT2D eigenvalue weighted by molar-refractivity contribution is -0.141. The molecule has 3 rings (SSSR count). The molecule has 4 N–H and O–H groups in total. The van der Waals surface area contributed by atoms with Crippen molar-refractivity contribution in [3.8, 4) is 0 Å². The first-order chi connectivity index (χ1) is 18.8. The summed E-state index contributed by atoms with van der Waals surface area (Å²) in [5.41, 5.74) is 2.22. The van der Waals surface area contributed by atoms with Gasteiger partial charge < -0.3 is 21.3 Å². The molecule has 0 unspecified atom stereocenters. The standard InChI is InChI=1S/C29H41N5O5S/c1-16(2)22(23(35)27(38)32-19-10-8-7-9-11-19)33-25(36)17(3)31-28(39)24(29(4,5)6)34-26(37)18-12-13-20-21(14-18)40-15-30-20/h12-17,19,22,24H,7-11H2,1-6H3,(H,31,39)(H,32,38)(H,33,36)(H,34,37)/t17-,22-,24+/m0/s1. The number of nitrogens with zero attached hydrogens (tertiary/aromatic N) is 1. The zero-order valence-electron chi connectivity index (χ0n) is 24.1. The van der Waals surface area contributed by atoms with E-state index in [4.69, 9.17) is 0 Å². The summed E-state index contributed by atoms with van der Waals surface area (Å²) in [6.07, 6.45) is 4.82. The maximum Gasteiger partial charge on any atom is 0.289 e. The van der Waals surface area contributed by atoms with E-state index in [-0.39, 0.29) is 12.0 Å². The van der Waals surface area contributed by atoms with Gasteiger partial charge in [0.1, 0.15) is 12.1 Å². The second-order valence-corrected chi connectivity index (χ2v) is 12.8. The summed E-state index contributed by atoms with van der Waals surface area (Å²) in [5.74, 6) is -3.30. The summed E-state index contributed by atoms with van der Waals surface area (Å²) in [6.45, 7) is 10.4. The molecule has 40 heavy (non-hydrogen) atoms. The van der Waals surface area contributed by atoms with E-state index in [0.29, 0.717) is 5.56 Å². The Morgan fingerprint density at radius 1 is 0.925 bits per heavy atom. The van der Waals surface area contributed by atoms with Gasteiger partial charge in [0.15, 0.2) is 0 Å². The summed E-state index contributed by atoms with van der Waals surface area (Å²) >= 11 is 1.42. The summed E-state index contributed by atoms with van der Waals surface area (Å²) in [5, 5.41) is 10.9. The smallest absolute Gasteiger partial charge is 0.289 e. The molecule has 0 spiro atoms. The number of thiazole rings is 1. The maximum atomic E-state index is 13.3. The Labute approximate surface area is 239 Å². The van der Waals surface area contributed by atoms with Crippen LogP contribution in [0, 0.1) is 11.3 Å². The minimum atomic E-state index is -1.03. The predicted molar refractivity (Wildman–Crippen MR) is 155 cm³/mol. The number of rotatable bonds is 10. The molecule has 1 heterocycles. The molecular weight excluding hydrogens is 530 g/mol. The molecule has 1 aromatic heterocycles. The van der Waals surface area contributed by atoms with E-state index >= 15 is 0 Å². The van der Waals surface area contributed by atoms with Gasteiger partial charge in [-0.15, -0.1) is 11.3 Å². The van der Waals surface area contributed by atoms with E-state index < -0.39 is 53.0 Å². The number of hydrogen-bond acceptors (Lipinski definition) is 7. The van der Waals surface area contributed by atoms with Crippen LogP contribution in [0.15, 0.2) is 23.7 Å². The summed E-state index contributed by atoms with van der Waals surface area (Å²) in [7, 11) is 0. The Hall–Kier alpha value is -3.34. The van der Waals surface area contributed by atoms with Crippen molar-refractivity contribution in [1.29, 1.82) is 0 Å². The summed E-state index contributed by atoms with van der Waals surface area (Å²) in [6, 6.07) is 2.11. The number of Topliss-reactive ketones (excluding diaryl/α,β-unsaturated/α-hetero) is 1. The highest BCUT2D eigenvalue weighted by atomic mass is 32.1. The molecule has 0 bridgehead atoms. The van der Waals surface area contributed by atoms with Crippen LogP contribution in [0.25, 0.3) is 10.2 Å². The molecule has 1 aliphatic rings. The Kier molecular flexibility index (Phi) is 10.4. The van der Waals surface area contributed by atoms with E-state index in [1.807, 2.05) is 20.8 Å². The molecule has 10 nitrogen and oxygen atoms in total. The molecule has 218 valence electrons. The highest BCUT2D eigenvalue weighted by molar-refractivity contribution is 7.16. The highest BCUT2D eigenvalue weighted by Gasteiger charge is 2.36. The molecule has 3 atom stereocenters. The number of nitrogens with one attached hydrogen (secondary N) is 4. The van der Waals surface area contributed by atoms with Crippen molar-refractivity contribution in [1.82, 2.24) is 26.3 Å². The number of carbonyl (C=O) groups is 5. The van der Waals surface area contributed by atoms with Gasteiger partial charge in [0.25, 0.3) is 11.8 Å². The van der Waals surface area contributed by atoms with Crippen molar-refractivity contribution in [3.05, 3.63) is 29.3 Å². The molecule has 1 fully saturated rings. The second kappa shape index (κ2) is 13.3. The van der Waals surface area contributed by atoms with Gasteiger partial charge in [-0.3, -0.25) is 24.0 Å². The number of benzene rings is 1. The number of ketones is 1. The SMILES string of the molecule is CC(C)[C@H](NC(=O)[C@H](C)NC(=O)[C@@H](NC(=O)c1ccc2ncsc2c1)C(C)(C)C)C(=O)C(=O)NC1CCCCC1. The van der Waals surface area contributed by atoms with Gasteiger partial charge in [0.2, 0.25) is 17.6 Å². The van der Waals surface area contributed by atoms with Gasteiger partial charge in [0, 0.05) is 11.6 Å². The minimum Gasteiger partial charge on any atom is -0.347 e. The first-order valence-electron chi connectivity index (χ1n) is 13.9. The van der Waals surface area contributed by atoms with Gasteiger partial charge in [-0.05, 0) is 49.3 Å². The molecular formula is C29H41N5O5S. The fraction of sp³-hybridized carbons (Fsp3) is 0.586. The normalized spacial score (nSPS) is 16.6. The van der Waals surface area contributed by atoms with Crippen LogP contribution in [0.2, 0.25) is 0 Å². The maximum absolute atomic E-state index is 13.3. The average Bonchev–Trinajstić information content (AvgIpc) is 3.37. The van der Waals surface area contributed by atoms with Crippen LogP contribution in [-0.4, -0.2) is 58.6 Å². The number of hydrogen-bond donors (Lipinski definition) is 4. The molecule has 0 radical (unpaired) electrons. The molecule has 11 heteroatoms. The van der Waals surface area contributed by atoms with Gasteiger partial charge in [-0.1, -0.05) is 53.9 Å². The van der Waals surface area contributed by atoms with Crippen LogP contribution in [0.3, 0.4) is 0 Å². The van der Waals surface area contributed by atoms with Crippen LogP contribution < -0.4 is 21.3 Å². The van der Waals surface area contributed by atoms with Gasteiger partial charge in [0.05, 0.1) is 21.8 Å². The van der Waals surface area contributed by atoms with Crippen LogP contribution in [0.5, 0.6) is 0 Å². The van der Waals surface area contributed by atoms with E-state index in [2.05, 4.69) is 26.3 Å². The molecule has 1 aliphatic carbocycles. The van der Waals surface area contributed by atoms with Crippen LogP contribution >= 0.6 is 11.3 Å². The Bertz CT molecular complexity index is 1240. The molecule has 1 saturated carbocycles. The average molecular weight is 572 g/mol. The second-order valence-electron chi connectivity index (χ2n) is 11.9. The third-order valence-electron chi connectivity index (χ3n) is 7.16. The lowest BCUT2D eigenvalue weighted by Crippen LogP contribution is -2.59. The largest absolute Gasteiger partial charge is 0.347 e. The number of aromatic nitrogens is 1. The fourth-order valence-electron chi connectivity index (χ4n) is 4.71. The molecule has 0 aliphatic heterocycles. The lowest BCUT2D eigenvalue weighted by atomic mass is 9.85. The quantitative estimate of drug-likeness (QED) is 0.322. The topological polar surface area (TPSA) is 146 Å². The van der Waals surface area contributed by atoms with Gasteiger partial charge in [-0.25, -0.2) is 4.98 Å². The predicted octanol–water partition coefficient (Wildman–Crippen LogP) is 3.10. The molecule has 0 saturated heterocycles. The van der Waals surface area contributed by atoms with Gasteiger partial charge >= 0.3 is 0 Å². The first kappa shape index (κ1) is 31.2. The van der Waals surface area contributed by atoms with Crippen molar-refractivity contribution < 1.29 is 24.0 Å². The van der Waals surface area contributed by atoms with E-state index in [9.17, 15) is 24.0 Å². The zero-order valence-corrected chi connectivity index (χ0v) is 24.9. The van der Waals surface area contributed by atoms with Crippen molar-refractivity contribution in [2.75, 3.05) is 0 Å². The van der Waals surface area contributed by atoms with Crippen LogP contribution in [-0.2, 0) is 19.2 Å². The number of fused-ring (bicyclic) bond motifs is 1. The Morgan fingerprint density at radius 3 is 2.23 bits per heavy atom.